The Morgan fingerprint density at radius 2 is 2.23 bits per heavy atom. The van der Waals surface area contributed by atoms with Crippen molar-refractivity contribution in [1.82, 2.24) is 0 Å². The molecule has 0 amide bonds. The number of fused-ring (bicyclic) bond motifs is 1. The van der Waals surface area contributed by atoms with Crippen LogP contribution in [0.5, 0.6) is 0 Å². The Bertz CT molecular complexity index is 357. The number of ketones is 1. The summed E-state index contributed by atoms with van der Waals surface area (Å²) in [4.78, 5) is 12.8. The average Bonchev–Trinajstić information content (AvgIpc) is 2.42. The van der Waals surface area contributed by atoms with Crippen LogP contribution in [-0.4, -0.2) is 12.0 Å². The summed E-state index contributed by atoms with van der Waals surface area (Å²) in [7, 11) is 0. The Hall–Kier alpha value is -0.760. The molecular formula is C11H12OS. The highest BCUT2D eigenvalue weighted by Crippen LogP contribution is 2.29. The second-order valence-corrected chi connectivity index (χ2v) is 4.37. The minimum Gasteiger partial charge on any atom is -0.294 e. The third-order valence-corrected chi connectivity index (χ3v) is 3.28. The van der Waals surface area contributed by atoms with Crippen LogP contribution in [0.2, 0.25) is 0 Å². The normalized spacial score (nSPS) is 20.5. The van der Waals surface area contributed by atoms with Crippen LogP contribution in [-0.2, 0) is 6.42 Å². The Labute approximate surface area is 82.5 Å². The van der Waals surface area contributed by atoms with Gasteiger partial charge in [-0.2, -0.15) is 0 Å². The number of rotatable bonds is 1. The molecule has 0 aromatic heterocycles. The minimum atomic E-state index is 0.187. The molecule has 0 bridgehead atoms. The molecule has 0 saturated carbocycles. The highest BCUT2D eigenvalue weighted by atomic mass is 32.2. The summed E-state index contributed by atoms with van der Waals surface area (Å²) in [6.45, 7) is 2.00. The van der Waals surface area contributed by atoms with E-state index in [0.29, 0.717) is 5.78 Å². The topological polar surface area (TPSA) is 17.1 Å². The maximum absolute atomic E-state index is 11.6. The van der Waals surface area contributed by atoms with E-state index < -0.39 is 0 Å². The molecule has 0 aliphatic heterocycles. The van der Waals surface area contributed by atoms with Crippen molar-refractivity contribution in [2.45, 2.75) is 18.2 Å². The lowest BCUT2D eigenvalue weighted by molar-refractivity contribution is 0.0946. The summed E-state index contributed by atoms with van der Waals surface area (Å²) >= 11 is 1.73. The molecule has 2 rings (SSSR count). The van der Waals surface area contributed by atoms with E-state index in [0.717, 1.165) is 12.0 Å². The smallest absolute Gasteiger partial charge is 0.166 e. The monoisotopic (exact) mass is 192 g/mol. The lowest BCUT2D eigenvalue weighted by Gasteiger charge is -1.99. The van der Waals surface area contributed by atoms with Gasteiger partial charge >= 0.3 is 0 Å². The molecule has 2 heteroatoms. The first-order valence-electron chi connectivity index (χ1n) is 4.43. The van der Waals surface area contributed by atoms with Gasteiger partial charge in [0.2, 0.25) is 0 Å². The van der Waals surface area contributed by atoms with Crippen molar-refractivity contribution in [2.75, 3.05) is 6.26 Å². The number of Topliss-reactive ketones (excluding diaryl/α,β-unsaturated/α-hetero) is 1. The molecule has 0 saturated heterocycles. The molecule has 1 aromatic rings. The zero-order chi connectivity index (χ0) is 9.42. The van der Waals surface area contributed by atoms with Crippen LogP contribution in [0, 0.1) is 5.92 Å². The Balaban J connectivity index is 2.46. The van der Waals surface area contributed by atoms with E-state index in [-0.39, 0.29) is 5.92 Å². The van der Waals surface area contributed by atoms with Crippen molar-refractivity contribution in [3.8, 4) is 0 Å². The molecule has 1 nitrogen and oxygen atoms in total. The third-order valence-electron chi connectivity index (χ3n) is 2.55. The zero-order valence-electron chi connectivity index (χ0n) is 7.83. The van der Waals surface area contributed by atoms with E-state index in [4.69, 9.17) is 0 Å². The molecule has 1 unspecified atom stereocenters. The highest BCUT2D eigenvalue weighted by Gasteiger charge is 2.26. The van der Waals surface area contributed by atoms with E-state index in [1.54, 1.807) is 11.8 Å². The summed E-state index contributed by atoms with van der Waals surface area (Å²) in [5, 5.41) is 0. The first-order valence-corrected chi connectivity index (χ1v) is 5.66. The number of hydrogen-bond acceptors (Lipinski definition) is 2. The molecule has 1 aliphatic rings. The second-order valence-electron chi connectivity index (χ2n) is 3.49. The Kier molecular flexibility index (Phi) is 2.16. The van der Waals surface area contributed by atoms with Gasteiger partial charge in [0, 0.05) is 16.4 Å². The second kappa shape index (κ2) is 3.18. The molecule has 0 heterocycles. The minimum absolute atomic E-state index is 0.187. The maximum Gasteiger partial charge on any atom is 0.166 e. The van der Waals surface area contributed by atoms with E-state index in [1.165, 1.54) is 10.5 Å². The molecule has 0 radical (unpaired) electrons. The molecule has 1 aliphatic carbocycles. The largest absolute Gasteiger partial charge is 0.294 e. The fourth-order valence-electron chi connectivity index (χ4n) is 1.79. The summed E-state index contributed by atoms with van der Waals surface area (Å²) in [5.74, 6) is 0.495. The van der Waals surface area contributed by atoms with Crippen LogP contribution in [0.1, 0.15) is 22.8 Å². The lowest BCUT2D eigenvalue weighted by atomic mass is 10.1. The van der Waals surface area contributed by atoms with Crippen LogP contribution >= 0.6 is 11.8 Å². The van der Waals surface area contributed by atoms with Crippen molar-refractivity contribution >= 4 is 17.5 Å². The summed E-state index contributed by atoms with van der Waals surface area (Å²) in [5.41, 5.74) is 2.16. The van der Waals surface area contributed by atoms with Crippen LogP contribution in [0.4, 0.5) is 0 Å². The van der Waals surface area contributed by atoms with E-state index in [9.17, 15) is 4.79 Å². The molecule has 0 N–H and O–H groups in total. The fourth-order valence-corrected chi connectivity index (χ4v) is 2.26. The Morgan fingerprint density at radius 3 is 2.92 bits per heavy atom. The number of benzene rings is 1. The van der Waals surface area contributed by atoms with Crippen molar-refractivity contribution in [2.24, 2.45) is 5.92 Å². The van der Waals surface area contributed by atoms with Gasteiger partial charge in [-0.05, 0) is 30.4 Å². The van der Waals surface area contributed by atoms with Crippen LogP contribution in [0.3, 0.4) is 0 Å². The molecule has 1 aromatic carbocycles. The fraction of sp³-hybridized carbons (Fsp3) is 0.364. The molecule has 1 atom stereocenters. The molecule has 0 fully saturated rings. The van der Waals surface area contributed by atoms with Crippen molar-refractivity contribution < 1.29 is 4.79 Å². The predicted molar refractivity (Wildman–Crippen MR) is 55.4 cm³/mol. The standard InChI is InChI=1S/C11H12OS/c1-7-5-8-6-9(13-2)3-4-10(8)11(7)12/h3-4,6-7H,5H2,1-2H3. The first-order chi connectivity index (χ1) is 6.22. The van der Waals surface area contributed by atoms with Gasteiger partial charge in [0.25, 0.3) is 0 Å². The highest BCUT2D eigenvalue weighted by molar-refractivity contribution is 7.98. The Morgan fingerprint density at radius 1 is 1.46 bits per heavy atom. The molecule has 13 heavy (non-hydrogen) atoms. The number of hydrogen-bond donors (Lipinski definition) is 0. The van der Waals surface area contributed by atoms with E-state index in [2.05, 4.69) is 12.3 Å². The number of thioether (sulfide) groups is 1. The van der Waals surface area contributed by atoms with Gasteiger partial charge in [0.15, 0.2) is 5.78 Å². The SMILES string of the molecule is CSc1ccc2c(c1)CC(C)C2=O. The zero-order valence-corrected chi connectivity index (χ0v) is 8.65. The molecule has 0 spiro atoms. The van der Waals surface area contributed by atoms with Gasteiger partial charge in [-0.15, -0.1) is 11.8 Å². The van der Waals surface area contributed by atoms with Gasteiger partial charge in [0.05, 0.1) is 0 Å². The van der Waals surface area contributed by atoms with Crippen molar-refractivity contribution in [1.29, 1.82) is 0 Å². The average molecular weight is 192 g/mol. The van der Waals surface area contributed by atoms with Crippen molar-refractivity contribution in [3.05, 3.63) is 29.3 Å². The first kappa shape index (κ1) is 8.82. The van der Waals surface area contributed by atoms with Crippen LogP contribution < -0.4 is 0 Å². The predicted octanol–water partition coefficient (Wildman–Crippen LogP) is 2.78. The quantitative estimate of drug-likeness (QED) is 0.636. The summed E-state index contributed by atoms with van der Waals surface area (Å²) in [6, 6.07) is 6.13. The van der Waals surface area contributed by atoms with Gasteiger partial charge in [-0.25, -0.2) is 0 Å². The number of carbonyl (C=O) groups excluding carboxylic acids is 1. The van der Waals surface area contributed by atoms with Crippen LogP contribution in [0.15, 0.2) is 23.1 Å². The van der Waals surface area contributed by atoms with E-state index >= 15 is 0 Å². The van der Waals surface area contributed by atoms with Gasteiger partial charge in [-0.3, -0.25) is 4.79 Å². The van der Waals surface area contributed by atoms with Gasteiger partial charge in [0.1, 0.15) is 0 Å². The third kappa shape index (κ3) is 1.39. The van der Waals surface area contributed by atoms with E-state index in [1.807, 2.05) is 19.1 Å². The van der Waals surface area contributed by atoms with Gasteiger partial charge < -0.3 is 0 Å². The van der Waals surface area contributed by atoms with Crippen molar-refractivity contribution in [3.63, 3.8) is 0 Å². The van der Waals surface area contributed by atoms with Crippen LogP contribution in [0.25, 0.3) is 0 Å². The molecule has 68 valence electrons. The summed E-state index contributed by atoms with van der Waals surface area (Å²) < 4.78 is 0. The molecular weight excluding hydrogens is 180 g/mol. The number of carbonyl (C=O) groups is 1. The lowest BCUT2D eigenvalue weighted by Crippen LogP contribution is -2.02. The van der Waals surface area contributed by atoms with Gasteiger partial charge in [-0.1, -0.05) is 13.0 Å². The maximum atomic E-state index is 11.6. The summed E-state index contributed by atoms with van der Waals surface area (Å²) in [6.07, 6.45) is 2.98.